The first-order valence-electron chi connectivity index (χ1n) is 6.49. The predicted molar refractivity (Wildman–Crippen MR) is 80.1 cm³/mol. The summed E-state index contributed by atoms with van der Waals surface area (Å²) in [5, 5.41) is 2.34. The lowest BCUT2D eigenvalue weighted by Crippen LogP contribution is -2.30. The molecule has 3 rings (SSSR count). The monoisotopic (exact) mass is 301 g/mol. The van der Waals surface area contributed by atoms with Crippen LogP contribution >= 0.6 is 11.8 Å². The Kier molecular flexibility index (Phi) is 3.75. The van der Waals surface area contributed by atoms with Gasteiger partial charge in [-0.15, -0.1) is 11.8 Å². The fourth-order valence-electron chi connectivity index (χ4n) is 2.15. The number of ketones is 1. The number of thioether (sulfide) groups is 1. The maximum absolute atomic E-state index is 12.9. The molecule has 0 radical (unpaired) electrons. The Morgan fingerprint density at radius 1 is 1.14 bits per heavy atom. The zero-order chi connectivity index (χ0) is 14.8. The van der Waals surface area contributed by atoms with Gasteiger partial charge in [-0.2, -0.15) is 0 Å². The smallest absolute Gasteiger partial charge is 0.238 e. The molecule has 0 spiro atoms. The average Bonchev–Trinajstić information content (AvgIpc) is 2.48. The first-order chi connectivity index (χ1) is 10.1. The van der Waals surface area contributed by atoms with Crippen LogP contribution in [-0.4, -0.2) is 16.9 Å². The fourth-order valence-corrected chi connectivity index (χ4v) is 3.26. The molecule has 1 N–H and O–H groups in total. The number of halogens is 1. The molecule has 0 saturated heterocycles. The minimum absolute atomic E-state index is 0.0937. The lowest BCUT2D eigenvalue weighted by molar-refractivity contribution is -0.115. The minimum Gasteiger partial charge on any atom is -0.324 e. The Morgan fingerprint density at radius 3 is 2.62 bits per heavy atom. The van der Waals surface area contributed by atoms with Gasteiger partial charge in [-0.1, -0.05) is 12.1 Å². The van der Waals surface area contributed by atoms with Crippen molar-refractivity contribution in [3.63, 3.8) is 0 Å². The van der Waals surface area contributed by atoms with E-state index in [-0.39, 0.29) is 23.9 Å². The van der Waals surface area contributed by atoms with Crippen molar-refractivity contribution >= 4 is 29.1 Å². The van der Waals surface area contributed by atoms with Crippen LogP contribution in [0, 0.1) is 5.82 Å². The van der Waals surface area contributed by atoms with E-state index in [9.17, 15) is 14.0 Å². The topological polar surface area (TPSA) is 46.2 Å². The van der Waals surface area contributed by atoms with Gasteiger partial charge in [0.25, 0.3) is 0 Å². The van der Waals surface area contributed by atoms with Crippen LogP contribution in [0.2, 0.25) is 0 Å². The van der Waals surface area contributed by atoms with Crippen LogP contribution in [-0.2, 0) is 4.79 Å². The van der Waals surface area contributed by atoms with E-state index in [4.69, 9.17) is 0 Å². The Morgan fingerprint density at radius 2 is 1.86 bits per heavy atom. The highest BCUT2D eigenvalue weighted by atomic mass is 32.2. The van der Waals surface area contributed by atoms with Gasteiger partial charge >= 0.3 is 0 Å². The summed E-state index contributed by atoms with van der Waals surface area (Å²) < 4.78 is 12.9. The molecule has 1 amide bonds. The fraction of sp³-hybridized carbons (Fsp3) is 0.125. The Hall–Kier alpha value is -2.14. The van der Waals surface area contributed by atoms with Gasteiger partial charge < -0.3 is 5.32 Å². The molecule has 2 aromatic rings. The van der Waals surface area contributed by atoms with Crippen LogP contribution in [0.4, 0.5) is 10.1 Å². The summed E-state index contributed by atoms with van der Waals surface area (Å²) in [6, 6.07) is 12.9. The number of benzene rings is 2. The minimum atomic E-state index is -0.461. The number of fused-ring (bicyclic) bond motifs is 1. The summed E-state index contributed by atoms with van der Waals surface area (Å²) >= 11 is 1.38. The summed E-state index contributed by atoms with van der Waals surface area (Å²) in [4.78, 5) is 25.2. The van der Waals surface area contributed by atoms with Crippen molar-refractivity contribution in [2.24, 2.45) is 0 Å². The quantitative estimate of drug-likeness (QED) is 0.882. The summed E-state index contributed by atoms with van der Waals surface area (Å²) in [6.07, 6.45) is 0.0937. The predicted octanol–water partition coefficient (Wildman–Crippen LogP) is 3.51. The van der Waals surface area contributed by atoms with Gasteiger partial charge in [-0.05, 0) is 36.4 Å². The molecule has 1 aliphatic rings. The molecule has 0 bridgehead atoms. The molecule has 0 aromatic heterocycles. The number of anilines is 1. The molecule has 5 heteroatoms. The number of amides is 1. The normalized spacial score (nSPS) is 17.0. The van der Waals surface area contributed by atoms with Gasteiger partial charge in [-0.25, -0.2) is 4.39 Å². The SMILES string of the molecule is O=C(CC1Sc2ccccc2NC1=O)c1ccc(F)cc1. The number of nitrogens with one attached hydrogen (secondary N) is 1. The third-order valence-electron chi connectivity index (χ3n) is 3.24. The van der Waals surface area contributed by atoms with Crippen molar-refractivity contribution < 1.29 is 14.0 Å². The van der Waals surface area contributed by atoms with Gasteiger partial charge in [0.1, 0.15) is 5.82 Å². The Balaban J connectivity index is 1.75. The van der Waals surface area contributed by atoms with Crippen LogP contribution in [0.15, 0.2) is 53.4 Å². The van der Waals surface area contributed by atoms with Crippen LogP contribution in [0.5, 0.6) is 0 Å². The van der Waals surface area contributed by atoms with Crippen molar-refractivity contribution in [3.05, 3.63) is 59.9 Å². The molecule has 2 aromatic carbocycles. The lowest BCUT2D eigenvalue weighted by Gasteiger charge is -2.23. The summed E-state index contributed by atoms with van der Waals surface area (Å²) in [6.45, 7) is 0. The molecule has 1 atom stereocenters. The number of hydrogen-bond donors (Lipinski definition) is 1. The van der Waals surface area contributed by atoms with E-state index in [0.717, 1.165) is 10.6 Å². The van der Waals surface area contributed by atoms with Gasteiger partial charge in [0.05, 0.1) is 10.9 Å². The van der Waals surface area contributed by atoms with E-state index >= 15 is 0 Å². The van der Waals surface area contributed by atoms with Crippen molar-refractivity contribution in [3.8, 4) is 0 Å². The van der Waals surface area contributed by atoms with E-state index in [0.29, 0.717) is 5.56 Å². The van der Waals surface area contributed by atoms with Gasteiger partial charge in [0.15, 0.2) is 5.78 Å². The van der Waals surface area contributed by atoms with Crippen LogP contribution in [0.25, 0.3) is 0 Å². The highest BCUT2D eigenvalue weighted by molar-refractivity contribution is 8.01. The second kappa shape index (κ2) is 5.69. The van der Waals surface area contributed by atoms with Gasteiger partial charge in [0.2, 0.25) is 5.91 Å². The van der Waals surface area contributed by atoms with Crippen LogP contribution < -0.4 is 5.32 Å². The second-order valence-electron chi connectivity index (χ2n) is 4.73. The average molecular weight is 301 g/mol. The summed E-state index contributed by atoms with van der Waals surface area (Å²) in [7, 11) is 0. The molecule has 21 heavy (non-hydrogen) atoms. The molecule has 1 heterocycles. The molecule has 106 valence electrons. The van der Waals surface area contributed by atoms with E-state index in [2.05, 4.69) is 5.32 Å². The van der Waals surface area contributed by atoms with Crippen molar-refractivity contribution in [2.45, 2.75) is 16.6 Å². The lowest BCUT2D eigenvalue weighted by atomic mass is 10.1. The first kappa shape index (κ1) is 13.8. The number of para-hydroxylation sites is 1. The van der Waals surface area contributed by atoms with Crippen molar-refractivity contribution in [1.82, 2.24) is 0 Å². The van der Waals surface area contributed by atoms with Gasteiger partial charge in [-0.3, -0.25) is 9.59 Å². The standard InChI is InChI=1S/C16H12FNO2S/c17-11-7-5-10(6-8-11)13(19)9-15-16(20)18-12-3-1-2-4-14(12)21-15/h1-8,15H,9H2,(H,18,20). The van der Waals surface area contributed by atoms with E-state index in [1.54, 1.807) is 0 Å². The highest BCUT2D eigenvalue weighted by Gasteiger charge is 2.28. The van der Waals surface area contributed by atoms with E-state index in [1.807, 2.05) is 24.3 Å². The number of Topliss-reactive ketones (excluding diaryl/α,β-unsaturated/α-hetero) is 1. The molecular formula is C16H12FNO2S. The maximum atomic E-state index is 12.9. The Bertz CT molecular complexity index is 700. The largest absolute Gasteiger partial charge is 0.324 e. The highest BCUT2D eigenvalue weighted by Crippen LogP contribution is 2.36. The van der Waals surface area contributed by atoms with E-state index in [1.165, 1.54) is 36.0 Å². The molecule has 1 aliphatic heterocycles. The zero-order valence-electron chi connectivity index (χ0n) is 11.0. The summed E-state index contributed by atoms with van der Waals surface area (Å²) in [5.74, 6) is -0.721. The number of carbonyl (C=O) groups is 2. The van der Waals surface area contributed by atoms with Crippen molar-refractivity contribution in [1.29, 1.82) is 0 Å². The maximum Gasteiger partial charge on any atom is 0.238 e. The van der Waals surface area contributed by atoms with E-state index < -0.39 is 5.25 Å². The second-order valence-corrected chi connectivity index (χ2v) is 5.97. The number of hydrogen-bond acceptors (Lipinski definition) is 3. The number of rotatable bonds is 3. The van der Waals surface area contributed by atoms with Gasteiger partial charge in [0, 0.05) is 16.9 Å². The first-order valence-corrected chi connectivity index (χ1v) is 7.37. The summed E-state index contributed by atoms with van der Waals surface area (Å²) in [5.41, 5.74) is 1.20. The molecule has 1 unspecified atom stereocenters. The van der Waals surface area contributed by atoms with Crippen molar-refractivity contribution in [2.75, 3.05) is 5.32 Å². The molecular weight excluding hydrogens is 289 g/mol. The molecule has 0 aliphatic carbocycles. The number of carbonyl (C=O) groups excluding carboxylic acids is 2. The molecule has 0 saturated carbocycles. The Labute approximate surface area is 125 Å². The molecule has 0 fully saturated rings. The third-order valence-corrected chi connectivity index (χ3v) is 4.52. The zero-order valence-corrected chi connectivity index (χ0v) is 11.8. The third kappa shape index (κ3) is 2.97. The van der Waals surface area contributed by atoms with Crippen LogP contribution in [0.1, 0.15) is 16.8 Å². The molecule has 3 nitrogen and oxygen atoms in total. The van der Waals surface area contributed by atoms with Crippen LogP contribution in [0.3, 0.4) is 0 Å².